The maximum absolute atomic E-state index is 12.1. The fraction of sp³-hybridized carbons (Fsp3) is 0.100. The molecule has 0 unspecified atom stereocenters. The number of rotatable bonds is 4. The lowest BCUT2D eigenvalue weighted by Gasteiger charge is -2.08. The van der Waals surface area contributed by atoms with Crippen LogP contribution in [0, 0.1) is 11.3 Å². The molecule has 3 heteroatoms. The van der Waals surface area contributed by atoms with Gasteiger partial charge in [-0.1, -0.05) is 54.6 Å². The third-order valence-corrected chi connectivity index (χ3v) is 3.67. The molecule has 0 spiro atoms. The van der Waals surface area contributed by atoms with Crippen LogP contribution in [0.4, 0.5) is 0 Å². The van der Waals surface area contributed by atoms with Crippen LogP contribution in [0.2, 0.25) is 0 Å². The van der Waals surface area contributed by atoms with Gasteiger partial charge in [0.05, 0.1) is 18.1 Å². The van der Waals surface area contributed by atoms with Crippen LogP contribution in [0.5, 0.6) is 0 Å². The zero-order chi connectivity index (χ0) is 16.1. The first kappa shape index (κ1) is 14.8. The van der Waals surface area contributed by atoms with Gasteiger partial charge in [-0.3, -0.25) is 4.79 Å². The van der Waals surface area contributed by atoms with Crippen molar-refractivity contribution < 1.29 is 9.53 Å². The summed E-state index contributed by atoms with van der Waals surface area (Å²) in [6, 6.07) is 23.0. The quantitative estimate of drug-likeness (QED) is 0.684. The summed E-state index contributed by atoms with van der Waals surface area (Å²) in [6.07, 6.45) is 0.235. The lowest BCUT2D eigenvalue weighted by Crippen LogP contribution is -2.08. The van der Waals surface area contributed by atoms with Crippen LogP contribution >= 0.6 is 0 Å². The molecule has 0 saturated carbocycles. The second kappa shape index (κ2) is 6.76. The average Bonchev–Trinajstić information content (AvgIpc) is 2.60. The molecule has 0 bridgehead atoms. The molecule has 0 amide bonds. The number of ether oxygens (including phenoxy) is 1. The molecule has 0 fully saturated rings. The summed E-state index contributed by atoms with van der Waals surface area (Å²) in [6.45, 7) is 0.180. The number of fused-ring (bicyclic) bond motifs is 1. The van der Waals surface area contributed by atoms with Gasteiger partial charge in [0, 0.05) is 0 Å². The van der Waals surface area contributed by atoms with E-state index >= 15 is 0 Å². The highest BCUT2D eigenvalue weighted by Crippen LogP contribution is 2.19. The number of nitriles is 1. The summed E-state index contributed by atoms with van der Waals surface area (Å²) in [5, 5.41) is 11.1. The fourth-order valence-corrected chi connectivity index (χ4v) is 2.55. The smallest absolute Gasteiger partial charge is 0.310 e. The number of benzene rings is 3. The van der Waals surface area contributed by atoms with Gasteiger partial charge in [-0.25, -0.2) is 0 Å². The molecule has 0 saturated heterocycles. The van der Waals surface area contributed by atoms with Gasteiger partial charge in [0.25, 0.3) is 0 Å². The molecule has 3 rings (SSSR count). The molecular formula is C20H15NO2. The molecule has 3 aromatic carbocycles. The number of esters is 1. The number of carbonyl (C=O) groups is 1. The molecule has 0 atom stereocenters. The predicted molar refractivity (Wildman–Crippen MR) is 88.6 cm³/mol. The average molecular weight is 301 g/mol. The molecule has 0 aliphatic carbocycles. The van der Waals surface area contributed by atoms with Crippen LogP contribution in [-0.4, -0.2) is 5.97 Å². The summed E-state index contributed by atoms with van der Waals surface area (Å²) in [5.41, 5.74) is 2.33. The van der Waals surface area contributed by atoms with Gasteiger partial charge in [0.1, 0.15) is 6.61 Å². The van der Waals surface area contributed by atoms with E-state index in [9.17, 15) is 4.79 Å². The van der Waals surface area contributed by atoms with Crippen molar-refractivity contribution >= 4 is 16.7 Å². The van der Waals surface area contributed by atoms with Crippen molar-refractivity contribution in [1.29, 1.82) is 5.26 Å². The molecule has 3 nitrogen and oxygen atoms in total. The summed E-state index contributed by atoms with van der Waals surface area (Å²) in [5.74, 6) is -0.274. The van der Waals surface area contributed by atoms with E-state index in [0.717, 1.165) is 21.9 Å². The maximum Gasteiger partial charge on any atom is 0.310 e. The second-order valence-corrected chi connectivity index (χ2v) is 5.29. The Morgan fingerprint density at radius 1 is 1.00 bits per heavy atom. The van der Waals surface area contributed by atoms with Gasteiger partial charge in [0.15, 0.2) is 0 Å². The Balaban J connectivity index is 1.68. The predicted octanol–water partition coefficient (Wildman–Crippen LogP) is 4.00. The van der Waals surface area contributed by atoms with E-state index in [2.05, 4.69) is 6.07 Å². The standard InChI is InChI=1S/C20H15NO2/c21-13-15-5-3-6-16(11-15)14-23-20(22)12-18-9-4-8-17-7-1-2-10-19(17)18/h1-11H,12,14H2. The molecule has 3 aromatic rings. The topological polar surface area (TPSA) is 50.1 Å². The number of carbonyl (C=O) groups excluding carboxylic acids is 1. The Morgan fingerprint density at radius 3 is 2.65 bits per heavy atom. The minimum atomic E-state index is -0.274. The first-order valence-corrected chi connectivity index (χ1v) is 7.37. The normalized spacial score (nSPS) is 10.2. The molecule has 0 aliphatic heterocycles. The van der Waals surface area contributed by atoms with E-state index in [-0.39, 0.29) is 19.0 Å². The Labute approximate surface area is 134 Å². The minimum Gasteiger partial charge on any atom is -0.461 e. The molecule has 0 radical (unpaired) electrons. The van der Waals surface area contributed by atoms with E-state index < -0.39 is 0 Å². The molecule has 112 valence electrons. The van der Waals surface area contributed by atoms with Crippen LogP contribution in [0.15, 0.2) is 66.7 Å². The van der Waals surface area contributed by atoms with Crippen molar-refractivity contribution in [1.82, 2.24) is 0 Å². The molecule has 0 heterocycles. The van der Waals surface area contributed by atoms with Crippen molar-refractivity contribution in [3.8, 4) is 6.07 Å². The van der Waals surface area contributed by atoms with E-state index in [1.165, 1.54) is 0 Å². The monoisotopic (exact) mass is 301 g/mol. The molecule has 0 aromatic heterocycles. The first-order valence-electron chi connectivity index (χ1n) is 7.37. The van der Waals surface area contributed by atoms with E-state index in [1.807, 2.05) is 48.5 Å². The van der Waals surface area contributed by atoms with Gasteiger partial charge < -0.3 is 4.74 Å². The van der Waals surface area contributed by atoms with Crippen molar-refractivity contribution in [2.75, 3.05) is 0 Å². The molecule has 23 heavy (non-hydrogen) atoms. The summed E-state index contributed by atoms with van der Waals surface area (Å²) < 4.78 is 5.33. The van der Waals surface area contributed by atoms with Crippen LogP contribution in [0.1, 0.15) is 16.7 Å². The summed E-state index contributed by atoms with van der Waals surface area (Å²) in [4.78, 5) is 12.1. The zero-order valence-corrected chi connectivity index (χ0v) is 12.5. The highest BCUT2D eigenvalue weighted by atomic mass is 16.5. The van der Waals surface area contributed by atoms with Gasteiger partial charge in [-0.2, -0.15) is 5.26 Å². The Kier molecular flexibility index (Phi) is 4.35. The lowest BCUT2D eigenvalue weighted by molar-refractivity contribution is -0.144. The Morgan fingerprint density at radius 2 is 1.78 bits per heavy atom. The van der Waals surface area contributed by atoms with Crippen LogP contribution in [-0.2, 0) is 22.6 Å². The Bertz CT molecular complexity index is 888. The minimum absolute atomic E-state index is 0.180. The van der Waals surface area contributed by atoms with Crippen LogP contribution in [0.3, 0.4) is 0 Å². The maximum atomic E-state index is 12.1. The lowest BCUT2D eigenvalue weighted by atomic mass is 10.0. The summed E-state index contributed by atoms with van der Waals surface area (Å²) >= 11 is 0. The van der Waals surface area contributed by atoms with Crippen molar-refractivity contribution in [2.24, 2.45) is 0 Å². The SMILES string of the molecule is N#Cc1cccc(COC(=O)Cc2cccc3ccccc23)c1. The summed E-state index contributed by atoms with van der Waals surface area (Å²) in [7, 11) is 0. The third-order valence-electron chi connectivity index (χ3n) is 3.67. The molecule has 0 N–H and O–H groups in total. The number of hydrogen-bond donors (Lipinski definition) is 0. The largest absolute Gasteiger partial charge is 0.461 e. The highest BCUT2D eigenvalue weighted by molar-refractivity contribution is 5.88. The Hall–Kier alpha value is -3.12. The van der Waals surface area contributed by atoms with E-state index in [4.69, 9.17) is 10.00 Å². The van der Waals surface area contributed by atoms with Crippen molar-refractivity contribution in [3.63, 3.8) is 0 Å². The van der Waals surface area contributed by atoms with E-state index in [1.54, 1.807) is 18.2 Å². The molecule has 0 aliphatic rings. The van der Waals surface area contributed by atoms with Crippen LogP contribution < -0.4 is 0 Å². The highest BCUT2D eigenvalue weighted by Gasteiger charge is 2.08. The fourth-order valence-electron chi connectivity index (χ4n) is 2.55. The van der Waals surface area contributed by atoms with E-state index in [0.29, 0.717) is 5.56 Å². The van der Waals surface area contributed by atoms with Gasteiger partial charge >= 0.3 is 5.97 Å². The van der Waals surface area contributed by atoms with Crippen LogP contribution in [0.25, 0.3) is 10.8 Å². The second-order valence-electron chi connectivity index (χ2n) is 5.29. The molecular weight excluding hydrogens is 286 g/mol. The third kappa shape index (κ3) is 3.56. The van der Waals surface area contributed by atoms with Crippen molar-refractivity contribution in [3.05, 3.63) is 83.4 Å². The first-order chi connectivity index (χ1) is 11.3. The number of nitrogens with zero attached hydrogens (tertiary/aromatic N) is 1. The van der Waals surface area contributed by atoms with Gasteiger partial charge in [-0.05, 0) is 34.0 Å². The van der Waals surface area contributed by atoms with Crippen molar-refractivity contribution in [2.45, 2.75) is 13.0 Å². The zero-order valence-electron chi connectivity index (χ0n) is 12.5. The van der Waals surface area contributed by atoms with Gasteiger partial charge in [0.2, 0.25) is 0 Å². The van der Waals surface area contributed by atoms with Gasteiger partial charge in [-0.15, -0.1) is 0 Å². The number of hydrogen-bond acceptors (Lipinski definition) is 3.